The van der Waals surface area contributed by atoms with Crippen LogP contribution in [0.3, 0.4) is 0 Å². The maximum Gasteiger partial charge on any atom is 0.417 e. The van der Waals surface area contributed by atoms with Gasteiger partial charge in [-0.3, -0.25) is 9.78 Å². The van der Waals surface area contributed by atoms with Gasteiger partial charge in [-0.25, -0.2) is 9.59 Å². The molecule has 2 saturated heterocycles. The number of nitrogens with one attached hydrogen (secondary N) is 1. The highest BCUT2D eigenvalue weighted by molar-refractivity contribution is 6.30. The number of amides is 2. The van der Waals surface area contributed by atoms with Crippen molar-refractivity contribution in [1.82, 2.24) is 14.8 Å². The molecule has 9 heteroatoms. The number of halogens is 1. The summed E-state index contributed by atoms with van der Waals surface area (Å²) in [7, 11) is 0. The molecule has 2 fully saturated rings. The van der Waals surface area contributed by atoms with Gasteiger partial charge in [0.2, 0.25) is 0 Å². The van der Waals surface area contributed by atoms with Gasteiger partial charge in [0.1, 0.15) is 6.61 Å². The van der Waals surface area contributed by atoms with Gasteiger partial charge in [0.25, 0.3) is 5.91 Å². The van der Waals surface area contributed by atoms with Gasteiger partial charge >= 0.3 is 11.8 Å². The monoisotopic (exact) mass is 469 g/mol. The molecule has 3 aromatic rings. The van der Waals surface area contributed by atoms with Crippen molar-refractivity contribution in [2.75, 3.05) is 26.2 Å². The summed E-state index contributed by atoms with van der Waals surface area (Å²) in [5.74, 6) is -0.617. The van der Waals surface area contributed by atoms with Crippen LogP contribution >= 0.6 is 11.6 Å². The summed E-state index contributed by atoms with van der Waals surface area (Å²) >= 11 is 6.07. The molecule has 172 valence electrons. The summed E-state index contributed by atoms with van der Waals surface area (Å²) in [5.41, 5.74) is 3.38. The second kappa shape index (κ2) is 8.26. The largest absolute Gasteiger partial charge is 0.445 e. The van der Waals surface area contributed by atoms with Crippen LogP contribution in [0.4, 0.5) is 4.79 Å². The predicted molar refractivity (Wildman–Crippen MR) is 122 cm³/mol. The summed E-state index contributed by atoms with van der Waals surface area (Å²) in [6, 6.07) is 10.6. The zero-order valence-corrected chi connectivity index (χ0v) is 19.0. The lowest BCUT2D eigenvalue weighted by molar-refractivity contribution is -0.0392. The number of carbonyl (C=O) groups is 2. The fourth-order valence-corrected chi connectivity index (χ4v) is 5.10. The molecule has 1 N–H and O–H groups in total. The smallest absolute Gasteiger partial charge is 0.417 e. The molecule has 2 amide bonds. The zero-order chi connectivity index (χ0) is 23.2. The van der Waals surface area contributed by atoms with Crippen LogP contribution in [0.25, 0.3) is 11.1 Å². The summed E-state index contributed by atoms with van der Waals surface area (Å²) in [5, 5.41) is 0.628. The molecule has 0 saturated carbocycles. The molecule has 33 heavy (non-hydrogen) atoms. The molecule has 3 heterocycles. The minimum absolute atomic E-state index is 0.0415. The summed E-state index contributed by atoms with van der Waals surface area (Å²) in [4.78, 5) is 42.8. The Bertz CT molecular complexity index is 1260. The zero-order valence-electron chi connectivity index (χ0n) is 18.2. The number of piperidine rings is 1. The third kappa shape index (κ3) is 4.35. The molecule has 8 nitrogen and oxygen atoms in total. The van der Waals surface area contributed by atoms with Crippen LogP contribution in [-0.2, 0) is 11.3 Å². The van der Waals surface area contributed by atoms with E-state index in [0.29, 0.717) is 47.9 Å². The Kier molecular flexibility index (Phi) is 5.40. The standard InChI is InChI=1S/C24H24ClN3O5/c1-15-8-16(10-18(25)9-15)12-32-23(31)28-13-24(14-28)4-6-27(7-5-24)21(29)17-2-3-19-20(11-17)33-22(30)26-19/h2-3,8-11H,4-7,12-14H2,1H3,(H,26,30). The van der Waals surface area contributed by atoms with Crippen LogP contribution in [0.2, 0.25) is 5.02 Å². The highest BCUT2D eigenvalue weighted by Gasteiger charge is 2.47. The second-order valence-electron chi connectivity index (χ2n) is 9.07. The van der Waals surface area contributed by atoms with E-state index >= 15 is 0 Å². The Morgan fingerprint density at radius 3 is 2.61 bits per heavy atom. The van der Waals surface area contributed by atoms with Crippen molar-refractivity contribution < 1.29 is 18.7 Å². The molecule has 5 rings (SSSR count). The normalized spacial score (nSPS) is 17.3. The number of hydrogen-bond acceptors (Lipinski definition) is 5. The lowest BCUT2D eigenvalue weighted by Crippen LogP contribution is -2.62. The molecule has 2 aromatic carbocycles. The van der Waals surface area contributed by atoms with Crippen LogP contribution in [-0.4, -0.2) is 53.0 Å². The van der Waals surface area contributed by atoms with Crippen molar-refractivity contribution >= 4 is 34.7 Å². The number of nitrogens with zero attached hydrogens (tertiary/aromatic N) is 2. The van der Waals surface area contributed by atoms with Crippen LogP contribution < -0.4 is 5.76 Å². The average molecular weight is 470 g/mol. The molecular formula is C24H24ClN3O5. The number of oxazole rings is 1. The van der Waals surface area contributed by atoms with E-state index in [0.717, 1.165) is 24.0 Å². The quantitative estimate of drug-likeness (QED) is 0.626. The van der Waals surface area contributed by atoms with Gasteiger partial charge in [-0.2, -0.15) is 0 Å². The number of ether oxygens (including phenoxy) is 1. The first kappa shape index (κ1) is 21.6. The Morgan fingerprint density at radius 1 is 1.12 bits per heavy atom. The van der Waals surface area contributed by atoms with Crippen molar-refractivity contribution in [3.63, 3.8) is 0 Å². The van der Waals surface area contributed by atoms with E-state index in [4.69, 9.17) is 20.8 Å². The molecule has 1 aromatic heterocycles. The molecule has 1 spiro atoms. The lowest BCUT2D eigenvalue weighted by Gasteiger charge is -2.53. The second-order valence-corrected chi connectivity index (χ2v) is 9.50. The van der Waals surface area contributed by atoms with Crippen LogP contribution in [0, 0.1) is 12.3 Å². The van der Waals surface area contributed by atoms with Gasteiger partial charge in [0.05, 0.1) is 5.52 Å². The summed E-state index contributed by atoms with van der Waals surface area (Å²) < 4.78 is 10.5. The Hall–Kier alpha value is -3.26. The first-order valence-corrected chi connectivity index (χ1v) is 11.3. The number of rotatable bonds is 3. The van der Waals surface area contributed by atoms with E-state index in [-0.39, 0.29) is 24.0 Å². The fraction of sp³-hybridized carbons (Fsp3) is 0.375. The summed E-state index contributed by atoms with van der Waals surface area (Å²) in [6.45, 7) is 4.67. The fourth-order valence-electron chi connectivity index (χ4n) is 4.79. The third-order valence-electron chi connectivity index (χ3n) is 6.55. The molecule has 2 aliphatic heterocycles. The van der Waals surface area contributed by atoms with Gasteiger partial charge in [0.15, 0.2) is 5.58 Å². The number of aromatic nitrogens is 1. The van der Waals surface area contributed by atoms with Crippen LogP contribution in [0.15, 0.2) is 45.6 Å². The molecule has 0 aliphatic carbocycles. The van der Waals surface area contributed by atoms with Crippen molar-refractivity contribution in [2.24, 2.45) is 5.41 Å². The Morgan fingerprint density at radius 2 is 1.88 bits per heavy atom. The molecule has 0 radical (unpaired) electrons. The predicted octanol–water partition coefficient (Wildman–Crippen LogP) is 3.96. The first-order valence-electron chi connectivity index (χ1n) is 10.9. The number of fused-ring (bicyclic) bond motifs is 1. The van der Waals surface area contributed by atoms with Crippen molar-refractivity contribution in [3.8, 4) is 0 Å². The molecule has 0 unspecified atom stereocenters. The van der Waals surface area contributed by atoms with Crippen LogP contribution in [0.5, 0.6) is 0 Å². The topological polar surface area (TPSA) is 95.9 Å². The highest BCUT2D eigenvalue weighted by atomic mass is 35.5. The highest BCUT2D eigenvalue weighted by Crippen LogP contribution is 2.41. The molecule has 0 atom stereocenters. The van der Waals surface area contributed by atoms with E-state index < -0.39 is 5.76 Å². The van der Waals surface area contributed by atoms with Gasteiger partial charge in [0, 0.05) is 42.2 Å². The first-order chi connectivity index (χ1) is 15.8. The third-order valence-corrected chi connectivity index (χ3v) is 6.77. The number of carbonyl (C=O) groups excluding carboxylic acids is 2. The van der Waals surface area contributed by atoms with Crippen LogP contribution in [0.1, 0.15) is 34.3 Å². The molecule has 0 bridgehead atoms. The lowest BCUT2D eigenvalue weighted by atomic mass is 9.72. The number of hydrogen-bond donors (Lipinski definition) is 1. The number of H-pyrrole nitrogens is 1. The van der Waals surface area contributed by atoms with E-state index in [1.54, 1.807) is 29.2 Å². The maximum atomic E-state index is 12.9. The van der Waals surface area contributed by atoms with Gasteiger partial charge in [-0.15, -0.1) is 0 Å². The van der Waals surface area contributed by atoms with E-state index in [1.807, 2.05) is 24.0 Å². The van der Waals surface area contributed by atoms with Gasteiger partial charge in [-0.1, -0.05) is 17.7 Å². The number of aryl methyl sites for hydroxylation is 1. The number of likely N-dealkylation sites (tertiary alicyclic amines) is 2. The SMILES string of the molecule is Cc1cc(Cl)cc(COC(=O)N2CC3(CCN(C(=O)c4ccc5[nH]c(=O)oc5c4)CC3)C2)c1. The van der Waals surface area contributed by atoms with Crippen molar-refractivity contribution in [2.45, 2.75) is 26.4 Å². The van der Waals surface area contributed by atoms with Crippen molar-refractivity contribution in [3.05, 3.63) is 68.7 Å². The van der Waals surface area contributed by atoms with Gasteiger partial charge in [-0.05, 0) is 61.2 Å². The Labute approximate surface area is 195 Å². The molecular weight excluding hydrogens is 446 g/mol. The average Bonchev–Trinajstić information content (AvgIpc) is 3.14. The van der Waals surface area contributed by atoms with Gasteiger partial charge < -0.3 is 19.0 Å². The van der Waals surface area contributed by atoms with E-state index in [1.165, 1.54) is 0 Å². The molecule has 2 aliphatic rings. The minimum Gasteiger partial charge on any atom is -0.445 e. The van der Waals surface area contributed by atoms with E-state index in [2.05, 4.69) is 4.98 Å². The van der Waals surface area contributed by atoms with Crippen molar-refractivity contribution in [1.29, 1.82) is 0 Å². The number of aromatic amines is 1. The number of benzene rings is 2. The maximum absolute atomic E-state index is 12.9. The minimum atomic E-state index is -0.537. The Balaban J connectivity index is 1.12. The summed E-state index contributed by atoms with van der Waals surface area (Å²) in [6.07, 6.45) is 1.34. The van der Waals surface area contributed by atoms with E-state index in [9.17, 15) is 14.4 Å².